The highest BCUT2D eigenvalue weighted by Crippen LogP contribution is 2.30. The van der Waals surface area contributed by atoms with Crippen molar-refractivity contribution in [1.82, 2.24) is 9.62 Å². The van der Waals surface area contributed by atoms with E-state index in [9.17, 15) is 22.0 Å². The third kappa shape index (κ3) is 2.72. The Morgan fingerprint density at radius 3 is 2.41 bits per heavy atom. The van der Waals surface area contributed by atoms with Gasteiger partial charge in [-0.25, -0.2) is 17.2 Å². The van der Waals surface area contributed by atoms with E-state index >= 15 is 0 Å². The fraction of sp³-hybridized carbons (Fsp3) is 0.500. The van der Waals surface area contributed by atoms with Crippen LogP contribution in [0.15, 0.2) is 23.1 Å². The molecule has 1 aromatic carbocycles. The second-order valence-corrected chi connectivity index (χ2v) is 7.43. The molecule has 1 atom stereocenters. The Bertz CT molecular complexity index is 684. The van der Waals surface area contributed by atoms with Crippen LogP contribution in [0, 0.1) is 11.6 Å². The highest BCUT2D eigenvalue weighted by Gasteiger charge is 2.42. The zero-order valence-electron chi connectivity index (χ0n) is 11.8. The van der Waals surface area contributed by atoms with Gasteiger partial charge >= 0.3 is 0 Å². The molecule has 1 heterocycles. The molecule has 1 aliphatic heterocycles. The molecule has 0 bridgehead atoms. The quantitative estimate of drug-likeness (QED) is 0.907. The van der Waals surface area contributed by atoms with Crippen molar-refractivity contribution in [3.05, 3.63) is 29.8 Å². The second-order valence-electron chi connectivity index (χ2n) is 5.61. The molecule has 0 radical (unpaired) electrons. The first-order valence-electron chi connectivity index (χ1n) is 7.17. The van der Waals surface area contributed by atoms with Gasteiger partial charge in [-0.2, -0.15) is 4.31 Å². The number of nitrogens with zero attached hydrogens (tertiary/aromatic N) is 1. The van der Waals surface area contributed by atoms with E-state index in [0.717, 1.165) is 35.3 Å². The van der Waals surface area contributed by atoms with Crippen molar-refractivity contribution in [2.75, 3.05) is 6.54 Å². The summed E-state index contributed by atoms with van der Waals surface area (Å²) in [6.45, 7) is 0.0822. The lowest BCUT2D eigenvalue weighted by Gasteiger charge is -2.23. The van der Waals surface area contributed by atoms with E-state index in [2.05, 4.69) is 5.32 Å². The zero-order chi connectivity index (χ0) is 15.9. The Balaban J connectivity index is 1.91. The van der Waals surface area contributed by atoms with Crippen LogP contribution in [0.3, 0.4) is 0 Å². The van der Waals surface area contributed by atoms with Crippen LogP contribution in [0.2, 0.25) is 0 Å². The van der Waals surface area contributed by atoms with Crippen LogP contribution >= 0.6 is 0 Å². The highest BCUT2D eigenvalue weighted by atomic mass is 32.2. The van der Waals surface area contributed by atoms with Crippen molar-refractivity contribution < 1.29 is 22.0 Å². The average Bonchev–Trinajstić information content (AvgIpc) is 3.10. The van der Waals surface area contributed by atoms with Crippen LogP contribution in [0.5, 0.6) is 0 Å². The van der Waals surface area contributed by atoms with Crippen molar-refractivity contribution >= 4 is 15.9 Å². The summed E-state index contributed by atoms with van der Waals surface area (Å²) in [5.41, 5.74) is 0. The van der Waals surface area contributed by atoms with E-state index in [1.54, 1.807) is 0 Å². The first-order valence-corrected chi connectivity index (χ1v) is 8.61. The van der Waals surface area contributed by atoms with Crippen molar-refractivity contribution in [3.63, 3.8) is 0 Å². The maximum atomic E-state index is 13.8. The van der Waals surface area contributed by atoms with Crippen molar-refractivity contribution in [3.8, 4) is 0 Å². The van der Waals surface area contributed by atoms with Crippen molar-refractivity contribution in [2.45, 2.75) is 42.7 Å². The summed E-state index contributed by atoms with van der Waals surface area (Å²) in [4.78, 5) is 11.2. The molecule has 1 aliphatic carbocycles. The number of rotatable bonds is 4. The number of hydrogen-bond acceptors (Lipinski definition) is 3. The van der Waals surface area contributed by atoms with Crippen LogP contribution in [-0.2, 0) is 14.8 Å². The molecule has 120 valence electrons. The monoisotopic (exact) mass is 330 g/mol. The summed E-state index contributed by atoms with van der Waals surface area (Å²) in [5.74, 6) is -2.68. The molecule has 1 saturated heterocycles. The summed E-state index contributed by atoms with van der Waals surface area (Å²) >= 11 is 0. The number of carbonyl (C=O) groups is 1. The third-order valence-electron chi connectivity index (χ3n) is 3.92. The first-order chi connectivity index (χ1) is 10.4. The summed E-state index contributed by atoms with van der Waals surface area (Å²) in [5, 5.41) is 2.75. The van der Waals surface area contributed by atoms with Gasteiger partial charge in [0.15, 0.2) is 4.90 Å². The van der Waals surface area contributed by atoms with Crippen molar-refractivity contribution in [2.24, 2.45) is 0 Å². The summed E-state index contributed by atoms with van der Waals surface area (Å²) < 4.78 is 53.6. The Morgan fingerprint density at radius 1 is 1.18 bits per heavy atom. The van der Waals surface area contributed by atoms with Gasteiger partial charge in [0, 0.05) is 12.6 Å². The third-order valence-corrected chi connectivity index (χ3v) is 5.88. The normalized spacial score (nSPS) is 22.7. The fourth-order valence-corrected chi connectivity index (χ4v) is 4.43. The van der Waals surface area contributed by atoms with Gasteiger partial charge in [0.25, 0.3) is 0 Å². The molecule has 8 heteroatoms. The summed E-state index contributed by atoms with van der Waals surface area (Å²) in [7, 11) is -4.39. The fourth-order valence-electron chi connectivity index (χ4n) is 2.66. The molecule has 1 unspecified atom stereocenters. The lowest BCUT2D eigenvalue weighted by atomic mass is 10.2. The van der Waals surface area contributed by atoms with Crippen LogP contribution in [-0.4, -0.2) is 37.3 Å². The number of carbonyl (C=O) groups excluding carboxylic acids is 1. The van der Waals surface area contributed by atoms with E-state index < -0.39 is 32.6 Å². The second kappa shape index (κ2) is 5.58. The number of amides is 1. The number of halogens is 2. The molecule has 1 saturated carbocycles. The molecular weight excluding hydrogens is 314 g/mol. The largest absolute Gasteiger partial charge is 0.352 e. The van der Waals surface area contributed by atoms with E-state index in [-0.39, 0.29) is 18.5 Å². The Hall–Kier alpha value is -1.54. The lowest BCUT2D eigenvalue weighted by Crippen LogP contribution is -2.46. The topological polar surface area (TPSA) is 66.5 Å². The predicted octanol–water partition coefficient (Wildman–Crippen LogP) is 1.40. The molecule has 5 nitrogen and oxygen atoms in total. The number of sulfonamides is 1. The van der Waals surface area contributed by atoms with Gasteiger partial charge in [-0.05, 0) is 37.8 Å². The molecule has 1 N–H and O–H groups in total. The lowest BCUT2D eigenvalue weighted by molar-refractivity contribution is -0.124. The van der Waals surface area contributed by atoms with E-state index in [1.165, 1.54) is 0 Å². The molecule has 1 amide bonds. The first kappa shape index (κ1) is 15.4. The molecule has 0 spiro atoms. The van der Waals surface area contributed by atoms with Crippen LogP contribution in [0.4, 0.5) is 8.78 Å². The number of benzene rings is 1. The van der Waals surface area contributed by atoms with Gasteiger partial charge in [0.2, 0.25) is 15.9 Å². The Kier molecular flexibility index (Phi) is 3.90. The summed E-state index contributed by atoms with van der Waals surface area (Å²) in [6, 6.07) is 2.09. The number of nitrogens with one attached hydrogen (secondary N) is 1. The Labute approximate surface area is 127 Å². The summed E-state index contributed by atoms with van der Waals surface area (Å²) in [6.07, 6.45) is 2.60. The smallest absolute Gasteiger partial charge is 0.249 e. The molecule has 3 rings (SSSR count). The van der Waals surface area contributed by atoms with E-state index in [1.807, 2.05) is 0 Å². The van der Waals surface area contributed by atoms with Crippen molar-refractivity contribution in [1.29, 1.82) is 0 Å². The average molecular weight is 330 g/mol. The Morgan fingerprint density at radius 2 is 1.82 bits per heavy atom. The minimum absolute atomic E-state index is 0.0822. The number of hydrogen-bond donors (Lipinski definition) is 1. The van der Waals surface area contributed by atoms with Gasteiger partial charge < -0.3 is 5.32 Å². The SMILES string of the molecule is O=C(NC1CC1)C1CCCN1S(=O)(=O)c1c(F)cccc1F. The molecule has 1 aromatic rings. The molecule has 0 aromatic heterocycles. The minimum atomic E-state index is -4.39. The molecular formula is C14H16F2N2O3S. The van der Waals surface area contributed by atoms with Gasteiger partial charge in [-0.1, -0.05) is 6.07 Å². The van der Waals surface area contributed by atoms with Gasteiger partial charge in [0.05, 0.1) is 0 Å². The maximum absolute atomic E-state index is 13.8. The van der Waals surface area contributed by atoms with Crippen LogP contribution in [0.25, 0.3) is 0 Å². The molecule has 2 aliphatic rings. The van der Waals surface area contributed by atoms with Gasteiger partial charge in [-0.15, -0.1) is 0 Å². The predicted molar refractivity (Wildman–Crippen MR) is 74.4 cm³/mol. The van der Waals surface area contributed by atoms with E-state index in [4.69, 9.17) is 0 Å². The van der Waals surface area contributed by atoms with E-state index in [0.29, 0.717) is 12.8 Å². The molecule has 22 heavy (non-hydrogen) atoms. The maximum Gasteiger partial charge on any atom is 0.249 e. The minimum Gasteiger partial charge on any atom is -0.352 e. The van der Waals surface area contributed by atoms with Crippen LogP contribution < -0.4 is 5.32 Å². The van der Waals surface area contributed by atoms with Gasteiger partial charge in [-0.3, -0.25) is 4.79 Å². The zero-order valence-corrected chi connectivity index (χ0v) is 12.6. The van der Waals surface area contributed by atoms with Gasteiger partial charge in [0.1, 0.15) is 17.7 Å². The standard InChI is InChI=1S/C14H16F2N2O3S/c15-10-3-1-4-11(16)13(10)22(20,21)18-8-2-5-12(18)14(19)17-9-6-7-9/h1,3-4,9,12H,2,5-8H2,(H,17,19). The highest BCUT2D eigenvalue weighted by molar-refractivity contribution is 7.89. The molecule has 2 fully saturated rings. The van der Waals surface area contributed by atoms with Crippen LogP contribution in [0.1, 0.15) is 25.7 Å².